The van der Waals surface area contributed by atoms with Crippen molar-refractivity contribution in [1.82, 2.24) is 15.5 Å². The third-order valence-corrected chi connectivity index (χ3v) is 5.49. The number of rotatable bonds is 3. The van der Waals surface area contributed by atoms with Gasteiger partial charge in [-0.05, 0) is 57.3 Å². The monoisotopic (exact) mass is 379 g/mol. The maximum absolute atomic E-state index is 12.7. The molecule has 0 saturated carbocycles. The lowest BCUT2D eigenvalue weighted by Crippen LogP contribution is -2.52. The summed E-state index contributed by atoms with van der Waals surface area (Å²) in [6.07, 6.45) is 2.73. The van der Waals surface area contributed by atoms with E-state index in [1.54, 1.807) is 0 Å². The summed E-state index contributed by atoms with van der Waals surface area (Å²) in [6.45, 7) is 7.35. The predicted octanol–water partition coefficient (Wildman–Crippen LogP) is 2.38. The minimum atomic E-state index is -0.0924. The zero-order valence-electron chi connectivity index (χ0n) is 15.7. The second-order valence-electron chi connectivity index (χ2n) is 7.54. The Hall–Kier alpha value is -1.59. The zero-order chi connectivity index (χ0) is 17.8. The molecule has 3 atom stereocenters. The summed E-state index contributed by atoms with van der Waals surface area (Å²) in [5.74, 6) is 0.504. The molecule has 26 heavy (non-hydrogen) atoms. The molecule has 3 unspecified atom stereocenters. The standard InChI is InChI=1S/C20H29N3O2.ClH/c1-14-5-7-16(8-6-14)20(25)23-11-3-4-17(13-23)19(24)22-18-9-10-21-12-15(18)2;/h5-8,15,17-18,21H,3-4,9-13H2,1-2H3,(H,22,24);1H. The lowest BCUT2D eigenvalue weighted by Gasteiger charge is -2.35. The minimum Gasteiger partial charge on any atom is -0.353 e. The Kier molecular flexibility index (Phi) is 7.47. The van der Waals surface area contributed by atoms with E-state index in [4.69, 9.17) is 0 Å². The molecule has 2 aliphatic heterocycles. The fourth-order valence-electron chi connectivity index (χ4n) is 3.78. The normalized spacial score (nSPS) is 25.9. The lowest BCUT2D eigenvalue weighted by molar-refractivity contribution is -0.127. The molecule has 6 heteroatoms. The van der Waals surface area contributed by atoms with Crippen LogP contribution in [0.25, 0.3) is 0 Å². The average Bonchev–Trinajstić information content (AvgIpc) is 2.64. The average molecular weight is 380 g/mol. The number of halogens is 1. The van der Waals surface area contributed by atoms with Crippen molar-refractivity contribution in [3.63, 3.8) is 0 Å². The molecular formula is C20H30ClN3O2. The van der Waals surface area contributed by atoms with Crippen LogP contribution in [-0.4, -0.2) is 48.9 Å². The van der Waals surface area contributed by atoms with Crippen LogP contribution < -0.4 is 10.6 Å². The van der Waals surface area contributed by atoms with Gasteiger partial charge in [0, 0.05) is 24.7 Å². The lowest BCUT2D eigenvalue weighted by atomic mass is 9.92. The van der Waals surface area contributed by atoms with E-state index in [1.165, 1.54) is 0 Å². The summed E-state index contributed by atoms with van der Waals surface area (Å²) in [4.78, 5) is 27.2. The van der Waals surface area contributed by atoms with Crippen LogP contribution in [0.15, 0.2) is 24.3 Å². The molecule has 0 aromatic heterocycles. The molecule has 1 aromatic carbocycles. The van der Waals surface area contributed by atoms with E-state index in [-0.39, 0.29) is 36.2 Å². The highest BCUT2D eigenvalue weighted by atomic mass is 35.5. The van der Waals surface area contributed by atoms with Crippen molar-refractivity contribution in [2.75, 3.05) is 26.2 Å². The maximum atomic E-state index is 12.7. The van der Waals surface area contributed by atoms with Crippen molar-refractivity contribution in [2.24, 2.45) is 11.8 Å². The highest BCUT2D eigenvalue weighted by Gasteiger charge is 2.31. The first-order valence-corrected chi connectivity index (χ1v) is 9.41. The van der Waals surface area contributed by atoms with Gasteiger partial charge in [-0.3, -0.25) is 9.59 Å². The van der Waals surface area contributed by atoms with Gasteiger partial charge in [-0.15, -0.1) is 12.4 Å². The van der Waals surface area contributed by atoms with Crippen molar-refractivity contribution in [2.45, 2.75) is 39.2 Å². The van der Waals surface area contributed by atoms with Crippen LogP contribution in [-0.2, 0) is 4.79 Å². The molecule has 2 N–H and O–H groups in total. The molecule has 0 radical (unpaired) electrons. The Morgan fingerprint density at radius 3 is 2.62 bits per heavy atom. The molecule has 2 amide bonds. The number of amides is 2. The zero-order valence-corrected chi connectivity index (χ0v) is 16.5. The summed E-state index contributed by atoms with van der Waals surface area (Å²) < 4.78 is 0. The molecule has 5 nitrogen and oxygen atoms in total. The fourth-order valence-corrected chi connectivity index (χ4v) is 3.78. The van der Waals surface area contributed by atoms with Crippen LogP contribution in [0.2, 0.25) is 0 Å². The van der Waals surface area contributed by atoms with Crippen LogP contribution in [0.4, 0.5) is 0 Å². The summed E-state index contributed by atoms with van der Waals surface area (Å²) in [6, 6.07) is 7.91. The van der Waals surface area contributed by atoms with Crippen molar-refractivity contribution in [1.29, 1.82) is 0 Å². The van der Waals surface area contributed by atoms with E-state index in [0.29, 0.717) is 18.0 Å². The molecule has 3 rings (SSSR count). The molecule has 0 aliphatic carbocycles. The van der Waals surface area contributed by atoms with Crippen molar-refractivity contribution in [3.05, 3.63) is 35.4 Å². The van der Waals surface area contributed by atoms with Gasteiger partial charge in [0.2, 0.25) is 5.91 Å². The quantitative estimate of drug-likeness (QED) is 0.847. The van der Waals surface area contributed by atoms with Crippen LogP contribution in [0, 0.1) is 18.8 Å². The molecule has 2 heterocycles. The Morgan fingerprint density at radius 1 is 1.19 bits per heavy atom. The van der Waals surface area contributed by atoms with E-state index in [2.05, 4.69) is 17.6 Å². The Morgan fingerprint density at radius 2 is 1.92 bits per heavy atom. The summed E-state index contributed by atoms with van der Waals surface area (Å²) in [5.41, 5.74) is 1.85. The van der Waals surface area contributed by atoms with Gasteiger partial charge < -0.3 is 15.5 Å². The molecule has 0 spiro atoms. The second-order valence-corrected chi connectivity index (χ2v) is 7.54. The third kappa shape index (κ3) is 4.98. The van der Waals surface area contributed by atoms with Crippen LogP contribution in [0.3, 0.4) is 0 Å². The smallest absolute Gasteiger partial charge is 0.253 e. The number of piperidine rings is 2. The number of hydrogen-bond donors (Lipinski definition) is 2. The molecule has 2 fully saturated rings. The minimum absolute atomic E-state index is 0. The van der Waals surface area contributed by atoms with Gasteiger partial charge in [0.15, 0.2) is 0 Å². The number of carbonyl (C=O) groups excluding carboxylic acids is 2. The van der Waals surface area contributed by atoms with Gasteiger partial charge in [0.25, 0.3) is 5.91 Å². The van der Waals surface area contributed by atoms with Gasteiger partial charge in [-0.2, -0.15) is 0 Å². The van der Waals surface area contributed by atoms with Crippen LogP contribution in [0.5, 0.6) is 0 Å². The van der Waals surface area contributed by atoms with Crippen molar-refractivity contribution >= 4 is 24.2 Å². The highest BCUT2D eigenvalue weighted by Crippen LogP contribution is 2.20. The Balaban J connectivity index is 0.00000243. The van der Waals surface area contributed by atoms with Gasteiger partial charge in [-0.25, -0.2) is 0 Å². The number of nitrogens with zero attached hydrogens (tertiary/aromatic N) is 1. The van der Waals surface area contributed by atoms with E-state index in [1.807, 2.05) is 36.1 Å². The molecule has 2 aliphatic rings. The first kappa shape index (κ1) is 20.7. The first-order chi connectivity index (χ1) is 12.0. The van der Waals surface area contributed by atoms with Gasteiger partial charge >= 0.3 is 0 Å². The number of hydrogen-bond acceptors (Lipinski definition) is 3. The number of aryl methyl sites for hydroxylation is 1. The highest BCUT2D eigenvalue weighted by molar-refractivity contribution is 5.94. The first-order valence-electron chi connectivity index (χ1n) is 9.41. The van der Waals surface area contributed by atoms with E-state index >= 15 is 0 Å². The Labute approximate surface area is 162 Å². The number of nitrogens with one attached hydrogen (secondary N) is 2. The van der Waals surface area contributed by atoms with Gasteiger partial charge in [0.1, 0.15) is 0 Å². The Bertz CT molecular complexity index is 620. The van der Waals surface area contributed by atoms with Crippen molar-refractivity contribution < 1.29 is 9.59 Å². The summed E-state index contributed by atoms with van der Waals surface area (Å²) in [7, 11) is 0. The van der Waals surface area contributed by atoms with E-state index in [9.17, 15) is 9.59 Å². The predicted molar refractivity (Wildman–Crippen MR) is 106 cm³/mol. The van der Waals surface area contributed by atoms with Gasteiger partial charge in [-0.1, -0.05) is 24.6 Å². The van der Waals surface area contributed by atoms with E-state index in [0.717, 1.165) is 44.5 Å². The molecule has 1 aromatic rings. The number of benzene rings is 1. The largest absolute Gasteiger partial charge is 0.353 e. The van der Waals surface area contributed by atoms with Crippen LogP contribution >= 0.6 is 12.4 Å². The number of likely N-dealkylation sites (tertiary alicyclic amines) is 1. The van der Waals surface area contributed by atoms with E-state index < -0.39 is 0 Å². The molecule has 144 valence electrons. The second kappa shape index (κ2) is 9.38. The summed E-state index contributed by atoms with van der Waals surface area (Å²) >= 11 is 0. The number of carbonyl (C=O) groups is 2. The summed E-state index contributed by atoms with van der Waals surface area (Å²) in [5, 5.41) is 6.59. The van der Waals surface area contributed by atoms with Gasteiger partial charge in [0.05, 0.1) is 5.92 Å². The third-order valence-electron chi connectivity index (χ3n) is 5.49. The molecule has 2 saturated heterocycles. The fraction of sp³-hybridized carbons (Fsp3) is 0.600. The van der Waals surface area contributed by atoms with Crippen LogP contribution in [0.1, 0.15) is 42.1 Å². The SMILES string of the molecule is Cc1ccc(C(=O)N2CCCC(C(=O)NC3CCNCC3C)C2)cc1.Cl. The molecule has 0 bridgehead atoms. The molecular weight excluding hydrogens is 350 g/mol. The maximum Gasteiger partial charge on any atom is 0.253 e. The van der Waals surface area contributed by atoms with Crippen molar-refractivity contribution in [3.8, 4) is 0 Å². The topological polar surface area (TPSA) is 61.4 Å².